The number of hydrogen-bond donors (Lipinski definition) is 1. The second-order valence-corrected chi connectivity index (χ2v) is 5.72. The molecule has 2 rings (SSSR count). The van der Waals surface area contributed by atoms with Gasteiger partial charge in [0.25, 0.3) is 0 Å². The van der Waals surface area contributed by atoms with Crippen LogP contribution in [0.2, 0.25) is 0 Å². The van der Waals surface area contributed by atoms with Gasteiger partial charge in [-0.15, -0.1) is 24.0 Å². The Labute approximate surface area is 162 Å². The quantitative estimate of drug-likeness (QED) is 0.395. The smallest absolute Gasteiger partial charge is 0.213 e. The molecule has 1 aromatic heterocycles. The molecule has 0 spiro atoms. The third kappa shape index (κ3) is 6.80. The van der Waals surface area contributed by atoms with Crippen LogP contribution in [0.3, 0.4) is 0 Å². The van der Waals surface area contributed by atoms with E-state index in [1.807, 2.05) is 19.1 Å². The minimum atomic E-state index is 0. The monoisotopic (exact) mass is 448 g/mol. The number of nitrogens with one attached hydrogen (secondary N) is 1. The Kier molecular flexibility index (Phi) is 10.0. The van der Waals surface area contributed by atoms with E-state index in [0.29, 0.717) is 24.9 Å². The molecule has 1 aromatic rings. The molecule has 1 aliphatic heterocycles. The van der Waals surface area contributed by atoms with Gasteiger partial charge in [-0.2, -0.15) is 0 Å². The summed E-state index contributed by atoms with van der Waals surface area (Å²) in [6.07, 6.45) is 2.90. The molecule has 2 heterocycles. The van der Waals surface area contributed by atoms with Crippen molar-refractivity contribution < 1.29 is 9.47 Å². The third-order valence-electron chi connectivity index (χ3n) is 3.76. The Morgan fingerprint density at radius 3 is 3.00 bits per heavy atom. The molecule has 1 unspecified atom stereocenters. The number of guanidine groups is 1. The molecule has 0 radical (unpaired) electrons. The largest absolute Gasteiger partial charge is 0.478 e. The fourth-order valence-corrected chi connectivity index (χ4v) is 2.61. The lowest BCUT2D eigenvalue weighted by molar-refractivity contribution is 0.181. The molecule has 1 aliphatic rings. The van der Waals surface area contributed by atoms with Crippen LogP contribution >= 0.6 is 24.0 Å². The molecule has 0 aliphatic carbocycles. The predicted molar refractivity (Wildman–Crippen MR) is 107 cm³/mol. The van der Waals surface area contributed by atoms with Crippen molar-refractivity contribution in [2.75, 3.05) is 40.0 Å². The van der Waals surface area contributed by atoms with Crippen molar-refractivity contribution in [3.05, 3.63) is 23.9 Å². The van der Waals surface area contributed by atoms with Crippen molar-refractivity contribution in [3.63, 3.8) is 0 Å². The van der Waals surface area contributed by atoms with E-state index in [4.69, 9.17) is 14.5 Å². The van der Waals surface area contributed by atoms with Gasteiger partial charge >= 0.3 is 0 Å². The van der Waals surface area contributed by atoms with Gasteiger partial charge in [0.1, 0.15) is 0 Å². The lowest BCUT2D eigenvalue weighted by Gasteiger charge is -2.24. The lowest BCUT2D eigenvalue weighted by atomic mass is 10.1. The summed E-state index contributed by atoms with van der Waals surface area (Å²) < 4.78 is 10.9. The highest BCUT2D eigenvalue weighted by Crippen LogP contribution is 2.14. The molecular formula is C17H29IN4O2. The third-order valence-corrected chi connectivity index (χ3v) is 3.76. The standard InChI is InChI=1S/C17H28N4O2.HI/c1-4-18-17(21(3)12-15-7-9-22-13-15)20-11-14-6-8-19-16(10-14)23-5-2;/h6,8,10,15H,4-5,7,9,11-13H2,1-3H3,(H,18,20);1H. The zero-order valence-electron chi connectivity index (χ0n) is 14.8. The number of rotatable bonds is 7. The van der Waals surface area contributed by atoms with E-state index in [9.17, 15) is 0 Å². The fourth-order valence-electron chi connectivity index (χ4n) is 2.61. The average Bonchev–Trinajstić information content (AvgIpc) is 3.05. The maximum Gasteiger partial charge on any atom is 0.213 e. The van der Waals surface area contributed by atoms with E-state index in [-0.39, 0.29) is 24.0 Å². The summed E-state index contributed by atoms with van der Waals surface area (Å²) in [6, 6.07) is 3.92. The summed E-state index contributed by atoms with van der Waals surface area (Å²) in [5, 5.41) is 3.35. The summed E-state index contributed by atoms with van der Waals surface area (Å²) in [4.78, 5) is 11.1. The summed E-state index contributed by atoms with van der Waals surface area (Å²) >= 11 is 0. The molecule has 1 saturated heterocycles. The Bertz CT molecular complexity index is 507. The van der Waals surface area contributed by atoms with Gasteiger partial charge in [0.2, 0.25) is 5.88 Å². The van der Waals surface area contributed by atoms with Crippen LogP contribution in [0.4, 0.5) is 0 Å². The molecule has 6 nitrogen and oxygen atoms in total. The summed E-state index contributed by atoms with van der Waals surface area (Å²) in [5.74, 6) is 2.17. The van der Waals surface area contributed by atoms with E-state index in [1.54, 1.807) is 6.20 Å². The van der Waals surface area contributed by atoms with Crippen molar-refractivity contribution >= 4 is 29.9 Å². The molecule has 0 saturated carbocycles. The van der Waals surface area contributed by atoms with Crippen LogP contribution in [-0.4, -0.2) is 55.8 Å². The highest BCUT2D eigenvalue weighted by molar-refractivity contribution is 14.0. The van der Waals surface area contributed by atoms with E-state index < -0.39 is 0 Å². The molecule has 1 fully saturated rings. The van der Waals surface area contributed by atoms with E-state index >= 15 is 0 Å². The number of aromatic nitrogens is 1. The zero-order valence-corrected chi connectivity index (χ0v) is 17.2. The average molecular weight is 448 g/mol. The van der Waals surface area contributed by atoms with Crippen molar-refractivity contribution in [1.82, 2.24) is 15.2 Å². The van der Waals surface area contributed by atoms with Gasteiger partial charge in [-0.1, -0.05) is 0 Å². The van der Waals surface area contributed by atoms with Crippen molar-refractivity contribution in [2.45, 2.75) is 26.8 Å². The van der Waals surface area contributed by atoms with Crippen LogP contribution in [0.1, 0.15) is 25.8 Å². The number of aliphatic imine (C=N–C) groups is 1. The Balaban J connectivity index is 0.00000288. The second kappa shape index (κ2) is 11.5. The van der Waals surface area contributed by atoms with Crippen molar-refractivity contribution in [2.24, 2.45) is 10.9 Å². The van der Waals surface area contributed by atoms with Crippen molar-refractivity contribution in [3.8, 4) is 5.88 Å². The molecule has 24 heavy (non-hydrogen) atoms. The molecule has 136 valence electrons. The minimum absolute atomic E-state index is 0. The van der Waals surface area contributed by atoms with Crippen LogP contribution in [-0.2, 0) is 11.3 Å². The first kappa shape index (κ1) is 21.0. The van der Waals surface area contributed by atoms with E-state index in [1.165, 1.54) is 0 Å². The van der Waals surface area contributed by atoms with Gasteiger partial charge in [0.05, 0.1) is 19.8 Å². The minimum Gasteiger partial charge on any atom is -0.478 e. The van der Waals surface area contributed by atoms with E-state index in [0.717, 1.165) is 44.2 Å². The topological polar surface area (TPSA) is 59.0 Å². The Hall–Kier alpha value is -1.09. The van der Waals surface area contributed by atoms with Crippen LogP contribution in [0, 0.1) is 5.92 Å². The Morgan fingerprint density at radius 1 is 1.50 bits per heavy atom. The molecule has 1 N–H and O–H groups in total. The van der Waals surface area contributed by atoms with Gasteiger partial charge in [-0.05, 0) is 31.9 Å². The number of pyridine rings is 1. The van der Waals surface area contributed by atoms with Crippen molar-refractivity contribution in [1.29, 1.82) is 0 Å². The second-order valence-electron chi connectivity index (χ2n) is 5.72. The number of nitrogens with zero attached hydrogens (tertiary/aromatic N) is 3. The Morgan fingerprint density at radius 2 is 2.33 bits per heavy atom. The number of hydrogen-bond acceptors (Lipinski definition) is 4. The first-order chi connectivity index (χ1) is 11.2. The lowest BCUT2D eigenvalue weighted by Crippen LogP contribution is -2.41. The molecule has 0 bridgehead atoms. The van der Waals surface area contributed by atoms with Crippen LogP contribution in [0.25, 0.3) is 0 Å². The number of halogens is 1. The molecule has 0 amide bonds. The maximum atomic E-state index is 5.46. The van der Waals surface area contributed by atoms with Crippen LogP contribution in [0.15, 0.2) is 23.3 Å². The van der Waals surface area contributed by atoms with E-state index in [2.05, 4.69) is 29.2 Å². The first-order valence-corrected chi connectivity index (χ1v) is 8.37. The van der Waals surface area contributed by atoms with Gasteiger partial charge in [0.15, 0.2) is 5.96 Å². The number of ether oxygens (including phenoxy) is 2. The SMILES string of the molecule is CCNC(=NCc1ccnc(OCC)c1)N(C)CC1CCOC1.I. The summed E-state index contributed by atoms with van der Waals surface area (Å²) in [7, 11) is 2.08. The highest BCUT2D eigenvalue weighted by Gasteiger charge is 2.19. The van der Waals surface area contributed by atoms with Crippen LogP contribution in [0.5, 0.6) is 5.88 Å². The molecule has 0 aromatic carbocycles. The zero-order chi connectivity index (χ0) is 16.5. The maximum absolute atomic E-state index is 5.46. The molecular weight excluding hydrogens is 419 g/mol. The summed E-state index contributed by atoms with van der Waals surface area (Å²) in [6.45, 7) is 8.82. The molecule has 1 atom stereocenters. The van der Waals surface area contributed by atoms with Gasteiger partial charge in [0, 0.05) is 44.9 Å². The van der Waals surface area contributed by atoms with Gasteiger partial charge in [-0.3, -0.25) is 0 Å². The van der Waals surface area contributed by atoms with Crippen LogP contribution < -0.4 is 10.1 Å². The highest BCUT2D eigenvalue weighted by atomic mass is 127. The van der Waals surface area contributed by atoms with Gasteiger partial charge < -0.3 is 19.7 Å². The summed E-state index contributed by atoms with van der Waals surface area (Å²) in [5.41, 5.74) is 1.09. The first-order valence-electron chi connectivity index (χ1n) is 8.37. The normalized spacial score (nSPS) is 17.3. The van der Waals surface area contributed by atoms with Gasteiger partial charge in [-0.25, -0.2) is 9.98 Å². The predicted octanol–water partition coefficient (Wildman–Crippen LogP) is 2.53. The molecule has 7 heteroatoms. The fraction of sp³-hybridized carbons (Fsp3) is 0.647.